The molecular formula is C16H14ClFOS. The van der Waals surface area contributed by atoms with Crippen molar-refractivity contribution in [3.05, 3.63) is 64.4 Å². The number of benzene rings is 2. The van der Waals surface area contributed by atoms with E-state index in [1.54, 1.807) is 12.1 Å². The summed E-state index contributed by atoms with van der Waals surface area (Å²) < 4.78 is 13.6. The molecule has 20 heavy (non-hydrogen) atoms. The molecule has 0 aromatic heterocycles. The molecule has 0 unspecified atom stereocenters. The summed E-state index contributed by atoms with van der Waals surface area (Å²) in [6.45, 7) is 2.01. The normalized spacial score (nSPS) is 10.6. The summed E-state index contributed by atoms with van der Waals surface area (Å²) in [6.07, 6.45) is 0.0991. The predicted molar refractivity (Wildman–Crippen MR) is 82.0 cm³/mol. The molecule has 4 heteroatoms. The summed E-state index contributed by atoms with van der Waals surface area (Å²) in [7, 11) is 0. The van der Waals surface area contributed by atoms with Gasteiger partial charge in [0, 0.05) is 16.3 Å². The van der Waals surface area contributed by atoms with E-state index < -0.39 is 5.82 Å². The molecule has 0 aliphatic heterocycles. The molecule has 2 rings (SSSR count). The second kappa shape index (κ2) is 6.91. The van der Waals surface area contributed by atoms with Crippen LogP contribution in [-0.2, 0) is 11.2 Å². The van der Waals surface area contributed by atoms with E-state index in [-0.39, 0.29) is 12.2 Å². The molecule has 0 atom stereocenters. The quantitative estimate of drug-likeness (QED) is 0.745. The van der Waals surface area contributed by atoms with E-state index in [2.05, 4.69) is 0 Å². The zero-order valence-corrected chi connectivity index (χ0v) is 12.6. The lowest BCUT2D eigenvalue weighted by Crippen LogP contribution is -2.07. The average Bonchev–Trinajstić information content (AvgIpc) is 2.41. The minimum atomic E-state index is -0.424. The fourth-order valence-electron chi connectivity index (χ4n) is 1.81. The lowest BCUT2D eigenvalue weighted by Gasteiger charge is -2.05. The van der Waals surface area contributed by atoms with E-state index in [9.17, 15) is 9.18 Å². The summed E-state index contributed by atoms with van der Waals surface area (Å²) in [4.78, 5) is 13.0. The van der Waals surface area contributed by atoms with Crippen LogP contribution in [0.15, 0.2) is 47.4 Å². The first-order chi connectivity index (χ1) is 9.56. The van der Waals surface area contributed by atoms with Crippen molar-refractivity contribution >= 4 is 29.1 Å². The zero-order chi connectivity index (χ0) is 14.5. The Morgan fingerprint density at radius 2 is 2.00 bits per heavy atom. The third-order valence-corrected chi connectivity index (χ3v) is 4.36. The largest absolute Gasteiger partial charge is 0.298 e. The molecule has 104 valence electrons. The topological polar surface area (TPSA) is 17.1 Å². The number of thioether (sulfide) groups is 1. The standard InChI is InChI=1S/C16H14ClFOS/c1-11-4-2-3-5-16(11)20-10-14(19)8-12-6-7-13(17)9-15(12)18/h2-7,9H,8,10H2,1H3. The van der Waals surface area contributed by atoms with Gasteiger partial charge in [-0.15, -0.1) is 11.8 Å². The maximum Gasteiger partial charge on any atom is 0.147 e. The Balaban J connectivity index is 1.94. The van der Waals surface area contributed by atoms with Crippen LogP contribution >= 0.6 is 23.4 Å². The second-order valence-electron chi connectivity index (χ2n) is 4.51. The maximum atomic E-state index is 13.6. The van der Waals surface area contributed by atoms with Crippen LogP contribution in [0.5, 0.6) is 0 Å². The summed E-state index contributed by atoms with van der Waals surface area (Å²) in [5.41, 5.74) is 1.53. The molecule has 0 fully saturated rings. The number of hydrogen-bond acceptors (Lipinski definition) is 2. The molecule has 1 nitrogen and oxygen atoms in total. The van der Waals surface area contributed by atoms with E-state index in [0.29, 0.717) is 16.3 Å². The first kappa shape index (κ1) is 15.1. The summed E-state index contributed by atoms with van der Waals surface area (Å²) in [5.74, 6) is -0.0846. The van der Waals surface area contributed by atoms with Crippen molar-refractivity contribution in [2.24, 2.45) is 0 Å². The van der Waals surface area contributed by atoms with Crippen LogP contribution in [0.1, 0.15) is 11.1 Å². The van der Waals surface area contributed by atoms with Crippen LogP contribution in [0.3, 0.4) is 0 Å². The third-order valence-electron chi connectivity index (χ3n) is 2.88. The number of carbonyl (C=O) groups is 1. The fraction of sp³-hybridized carbons (Fsp3) is 0.188. The molecular weight excluding hydrogens is 295 g/mol. The van der Waals surface area contributed by atoms with E-state index in [1.807, 2.05) is 31.2 Å². The lowest BCUT2D eigenvalue weighted by atomic mass is 10.1. The highest BCUT2D eigenvalue weighted by atomic mass is 35.5. The third kappa shape index (κ3) is 4.09. The number of halogens is 2. The predicted octanol–water partition coefficient (Wildman–Crippen LogP) is 4.69. The van der Waals surface area contributed by atoms with Crippen LogP contribution < -0.4 is 0 Å². The van der Waals surface area contributed by atoms with Gasteiger partial charge in [0.15, 0.2) is 0 Å². The molecule has 0 radical (unpaired) electrons. The van der Waals surface area contributed by atoms with Gasteiger partial charge in [-0.2, -0.15) is 0 Å². The molecule has 0 aliphatic carbocycles. The van der Waals surface area contributed by atoms with Crippen LogP contribution in [0.2, 0.25) is 5.02 Å². The Labute approximate surface area is 127 Å². The number of ketones is 1. The Hall–Kier alpha value is -1.32. The van der Waals surface area contributed by atoms with Gasteiger partial charge in [0.2, 0.25) is 0 Å². The summed E-state index contributed by atoms with van der Waals surface area (Å²) in [5, 5.41) is 0.341. The zero-order valence-electron chi connectivity index (χ0n) is 11.0. The molecule has 0 saturated carbocycles. The SMILES string of the molecule is Cc1ccccc1SCC(=O)Cc1ccc(Cl)cc1F. The highest BCUT2D eigenvalue weighted by Crippen LogP contribution is 2.22. The Morgan fingerprint density at radius 3 is 2.70 bits per heavy atom. The van der Waals surface area contributed by atoms with Crippen molar-refractivity contribution in [1.29, 1.82) is 0 Å². The minimum Gasteiger partial charge on any atom is -0.298 e. The number of rotatable bonds is 5. The molecule has 0 heterocycles. The second-order valence-corrected chi connectivity index (χ2v) is 5.96. The van der Waals surface area contributed by atoms with Gasteiger partial charge in [-0.3, -0.25) is 4.79 Å². The van der Waals surface area contributed by atoms with E-state index in [1.165, 1.54) is 17.8 Å². The van der Waals surface area contributed by atoms with E-state index in [0.717, 1.165) is 10.5 Å². The highest BCUT2D eigenvalue weighted by Gasteiger charge is 2.10. The van der Waals surface area contributed by atoms with Gasteiger partial charge in [0.1, 0.15) is 11.6 Å². The smallest absolute Gasteiger partial charge is 0.147 e. The van der Waals surface area contributed by atoms with Gasteiger partial charge >= 0.3 is 0 Å². The van der Waals surface area contributed by atoms with Gasteiger partial charge in [-0.1, -0.05) is 35.9 Å². The van der Waals surface area contributed by atoms with Gasteiger partial charge in [-0.25, -0.2) is 4.39 Å². The maximum absolute atomic E-state index is 13.6. The fourth-order valence-corrected chi connectivity index (χ4v) is 2.85. The van der Waals surface area contributed by atoms with Crippen LogP contribution in [0, 0.1) is 12.7 Å². The monoisotopic (exact) mass is 308 g/mol. The van der Waals surface area contributed by atoms with Crippen molar-refractivity contribution in [2.75, 3.05) is 5.75 Å². The number of aryl methyl sites for hydroxylation is 1. The van der Waals surface area contributed by atoms with E-state index >= 15 is 0 Å². The molecule has 2 aromatic carbocycles. The van der Waals surface area contributed by atoms with Crippen molar-refractivity contribution in [3.63, 3.8) is 0 Å². The van der Waals surface area contributed by atoms with Crippen LogP contribution in [0.4, 0.5) is 4.39 Å². The molecule has 0 spiro atoms. The first-order valence-corrected chi connectivity index (χ1v) is 7.56. The Kier molecular flexibility index (Phi) is 5.21. The van der Waals surface area contributed by atoms with E-state index in [4.69, 9.17) is 11.6 Å². The molecule has 0 amide bonds. The summed E-state index contributed by atoms with van der Waals surface area (Å²) >= 11 is 7.17. The van der Waals surface area contributed by atoms with Gasteiger partial charge in [0.05, 0.1) is 5.75 Å². The van der Waals surface area contributed by atoms with Gasteiger partial charge < -0.3 is 0 Å². The lowest BCUT2D eigenvalue weighted by molar-refractivity contribution is -0.116. The van der Waals surface area contributed by atoms with Crippen molar-refractivity contribution in [3.8, 4) is 0 Å². The average molecular weight is 309 g/mol. The minimum absolute atomic E-state index is 0.000486. The molecule has 0 saturated heterocycles. The van der Waals surface area contributed by atoms with Crippen molar-refractivity contribution in [2.45, 2.75) is 18.2 Å². The highest BCUT2D eigenvalue weighted by molar-refractivity contribution is 8.00. The molecule has 0 bridgehead atoms. The molecule has 0 aliphatic rings. The van der Waals surface area contributed by atoms with Crippen molar-refractivity contribution in [1.82, 2.24) is 0 Å². The Morgan fingerprint density at radius 1 is 1.25 bits per heavy atom. The van der Waals surface area contributed by atoms with Gasteiger partial charge in [-0.05, 0) is 36.2 Å². The Bertz CT molecular complexity index is 628. The van der Waals surface area contributed by atoms with Crippen molar-refractivity contribution < 1.29 is 9.18 Å². The van der Waals surface area contributed by atoms with Crippen LogP contribution in [0.25, 0.3) is 0 Å². The summed E-state index contributed by atoms with van der Waals surface area (Å²) in [6, 6.07) is 12.3. The molecule has 0 N–H and O–H groups in total. The van der Waals surface area contributed by atoms with Gasteiger partial charge in [0.25, 0.3) is 0 Å². The number of carbonyl (C=O) groups excluding carboxylic acids is 1. The number of Topliss-reactive ketones (excluding diaryl/α,β-unsaturated/α-hetero) is 1. The number of hydrogen-bond donors (Lipinski definition) is 0. The first-order valence-electron chi connectivity index (χ1n) is 6.20. The molecule has 2 aromatic rings. The van der Waals surface area contributed by atoms with Crippen LogP contribution in [-0.4, -0.2) is 11.5 Å².